The molecular formula is C22H17NOS2. The Balaban J connectivity index is 1.70. The van der Waals surface area contributed by atoms with Gasteiger partial charge >= 0.3 is 0 Å². The van der Waals surface area contributed by atoms with Gasteiger partial charge in [0.2, 0.25) is 0 Å². The summed E-state index contributed by atoms with van der Waals surface area (Å²) in [4.78, 5) is 15.4. The van der Waals surface area contributed by atoms with Crippen molar-refractivity contribution in [3.05, 3.63) is 88.8 Å². The van der Waals surface area contributed by atoms with Crippen LogP contribution in [0.1, 0.15) is 24.1 Å². The summed E-state index contributed by atoms with van der Waals surface area (Å²) in [6.45, 7) is 2.01. The summed E-state index contributed by atoms with van der Waals surface area (Å²) in [6.07, 6.45) is 1.96. The molecule has 4 rings (SSSR count). The second-order valence-corrected chi connectivity index (χ2v) is 7.88. The second-order valence-electron chi connectivity index (χ2n) is 6.21. The van der Waals surface area contributed by atoms with E-state index in [9.17, 15) is 4.79 Å². The first-order chi connectivity index (χ1) is 12.6. The van der Waals surface area contributed by atoms with Gasteiger partial charge in [0, 0.05) is 0 Å². The lowest BCUT2D eigenvalue weighted by molar-refractivity contribution is -0.123. The van der Waals surface area contributed by atoms with E-state index in [2.05, 4.69) is 18.2 Å². The number of nitrogens with zero attached hydrogens (tertiary/aromatic N) is 1. The third kappa shape index (κ3) is 3.06. The lowest BCUT2D eigenvalue weighted by atomic mass is 10.0. The van der Waals surface area contributed by atoms with Crippen LogP contribution in [0.3, 0.4) is 0 Å². The van der Waals surface area contributed by atoms with Crippen molar-refractivity contribution in [2.75, 3.05) is 0 Å². The fourth-order valence-electron chi connectivity index (χ4n) is 3.21. The quantitative estimate of drug-likeness (QED) is 0.426. The van der Waals surface area contributed by atoms with Gasteiger partial charge in [-0.25, -0.2) is 0 Å². The zero-order valence-corrected chi connectivity index (χ0v) is 15.9. The van der Waals surface area contributed by atoms with Crippen LogP contribution in [0.25, 0.3) is 16.8 Å². The Morgan fingerprint density at radius 2 is 1.65 bits per heavy atom. The molecule has 1 aliphatic rings. The molecule has 1 atom stereocenters. The number of hydrogen-bond acceptors (Lipinski definition) is 3. The number of thioether (sulfide) groups is 1. The Hall–Kier alpha value is -2.43. The maximum atomic E-state index is 13.0. The molecule has 0 N–H and O–H groups in total. The predicted molar refractivity (Wildman–Crippen MR) is 114 cm³/mol. The van der Waals surface area contributed by atoms with E-state index < -0.39 is 0 Å². The number of thiocarbonyl (C=S) groups is 1. The van der Waals surface area contributed by atoms with Gasteiger partial charge < -0.3 is 0 Å². The highest BCUT2D eigenvalue weighted by molar-refractivity contribution is 8.26. The Morgan fingerprint density at radius 1 is 0.962 bits per heavy atom. The monoisotopic (exact) mass is 375 g/mol. The van der Waals surface area contributed by atoms with Crippen LogP contribution in [0.2, 0.25) is 0 Å². The zero-order chi connectivity index (χ0) is 18.1. The van der Waals surface area contributed by atoms with Crippen LogP contribution in [0.4, 0.5) is 0 Å². The molecule has 1 amide bonds. The number of carbonyl (C=O) groups excluding carboxylic acids is 1. The molecule has 1 unspecified atom stereocenters. The molecule has 0 aliphatic carbocycles. The maximum Gasteiger partial charge on any atom is 0.266 e. The highest BCUT2D eigenvalue weighted by atomic mass is 32.2. The van der Waals surface area contributed by atoms with E-state index in [0.717, 1.165) is 21.9 Å². The van der Waals surface area contributed by atoms with Gasteiger partial charge in [-0.3, -0.25) is 9.69 Å². The minimum atomic E-state index is -0.0814. The van der Waals surface area contributed by atoms with Crippen LogP contribution in [0.5, 0.6) is 0 Å². The molecule has 3 aromatic rings. The molecular weight excluding hydrogens is 358 g/mol. The highest BCUT2D eigenvalue weighted by Gasteiger charge is 2.35. The summed E-state index contributed by atoms with van der Waals surface area (Å²) < 4.78 is 0.609. The molecule has 1 heterocycles. The second kappa shape index (κ2) is 7.06. The third-order valence-corrected chi connectivity index (χ3v) is 5.93. The number of fused-ring (bicyclic) bond motifs is 1. The lowest BCUT2D eigenvalue weighted by Crippen LogP contribution is -2.30. The summed E-state index contributed by atoms with van der Waals surface area (Å²) in [6, 6.07) is 24.2. The zero-order valence-electron chi connectivity index (χ0n) is 14.3. The number of rotatable bonds is 3. The van der Waals surface area contributed by atoms with Crippen molar-refractivity contribution in [2.24, 2.45) is 0 Å². The third-order valence-electron chi connectivity index (χ3n) is 4.60. The smallest absolute Gasteiger partial charge is 0.266 e. The molecule has 0 aromatic heterocycles. The highest BCUT2D eigenvalue weighted by Crippen LogP contribution is 2.38. The van der Waals surface area contributed by atoms with Crippen LogP contribution in [0.15, 0.2) is 77.7 Å². The number of hydrogen-bond donors (Lipinski definition) is 0. The molecule has 0 spiro atoms. The molecule has 2 nitrogen and oxygen atoms in total. The predicted octanol–water partition coefficient (Wildman–Crippen LogP) is 5.80. The van der Waals surface area contributed by atoms with Gasteiger partial charge in [0.1, 0.15) is 4.32 Å². The molecule has 1 aliphatic heterocycles. The van der Waals surface area contributed by atoms with Crippen molar-refractivity contribution >= 4 is 51.1 Å². The minimum absolute atomic E-state index is 0.0238. The van der Waals surface area contributed by atoms with E-state index in [-0.39, 0.29) is 11.9 Å². The first-order valence-electron chi connectivity index (χ1n) is 8.45. The van der Waals surface area contributed by atoms with Gasteiger partial charge in [-0.15, -0.1) is 0 Å². The Labute approximate surface area is 162 Å². The maximum absolute atomic E-state index is 13.0. The molecule has 1 fully saturated rings. The first kappa shape index (κ1) is 17.0. The topological polar surface area (TPSA) is 20.3 Å². The summed E-state index contributed by atoms with van der Waals surface area (Å²) in [5, 5.41) is 2.30. The fourth-order valence-corrected chi connectivity index (χ4v) is 4.62. The molecule has 26 heavy (non-hydrogen) atoms. The van der Waals surface area contributed by atoms with E-state index in [1.165, 1.54) is 11.8 Å². The summed E-state index contributed by atoms with van der Waals surface area (Å²) in [7, 11) is 0. The van der Waals surface area contributed by atoms with Crippen LogP contribution in [0, 0.1) is 0 Å². The molecule has 4 heteroatoms. The van der Waals surface area contributed by atoms with Gasteiger partial charge in [-0.1, -0.05) is 96.8 Å². The SMILES string of the molecule is CC(c1ccccc1)N1C(=O)C(=Cc2cccc3ccccc23)SC1=S. The van der Waals surface area contributed by atoms with Crippen molar-refractivity contribution in [3.8, 4) is 0 Å². The van der Waals surface area contributed by atoms with Crippen molar-refractivity contribution in [1.29, 1.82) is 0 Å². The average molecular weight is 376 g/mol. The van der Waals surface area contributed by atoms with Crippen molar-refractivity contribution < 1.29 is 4.79 Å². The fraction of sp³-hybridized carbons (Fsp3) is 0.0909. The Bertz CT molecular complexity index is 1020. The van der Waals surface area contributed by atoms with Gasteiger partial charge in [0.15, 0.2) is 0 Å². The van der Waals surface area contributed by atoms with Gasteiger partial charge in [-0.2, -0.15) is 0 Å². The minimum Gasteiger partial charge on any atom is -0.286 e. The molecule has 0 radical (unpaired) electrons. The van der Waals surface area contributed by atoms with Crippen LogP contribution >= 0.6 is 24.0 Å². The largest absolute Gasteiger partial charge is 0.286 e. The average Bonchev–Trinajstić information content (AvgIpc) is 2.95. The molecule has 3 aromatic carbocycles. The normalized spacial score (nSPS) is 17.3. The van der Waals surface area contributed by atoms with E-state index in [0.29, 0.717) is 9.23 Å². The van der Waals surface area contributed by atoms with Crippen LogP contribution in [-0.4, -0.2) is 15.1 Å². The van der Waals surface area contributed by atoms with Crippen molar-refractivity contribution in [1.82, 2.24) is 4.90 Å². The number of benzene rings is 3. The van der Waals surface area contributed by atoms with Crippen LogP contribution in [-0.2, 0) is 4.79 Å². The lowest BCUT2D eigenvalue weighted by Gasteiger charge is -2.23. The van der Waals surface area contributed by atoms with Crippen LogP contribution < -0.4 is 0 Å². The molecule has 1 saturated heterocycles. The van der Waals surface area contributed by atoms with Gasteiger partial charge in [0.05, 0.1) is 10.9 Å². The number of amides is 1. The van der Waals surface area contributed by atoms with E-state index in [1.807, 2.05) is 67.6 Å². The standard InChI is InChI=1S/C22H17NOS2/c1-15(16-8-3-2-4-9-16)23-21(24)20(26-22(23)25)14-18-12-7-11-17-10-5-6-13-19(17)18/h2-15H,1H3. The van der Waals surface area contributed by atoms with E-state index >= 15 is 0 Å². The molecule has 0 bridgehead atoms. The summed E-state index contributed by atoms with van der Waals surface area (Å²) in [5.74, 6) is -0.0238. The van der Waals surface area contributed by atoms with Crippen molar-refractivity contribution in [3.63, 3.8) is 0 Å². The first-order valence-corrected chi connectivity index (χ1v) is 9.67. The van der Waals surface area contributed by atoms with Gasteiger partial charge in [0.25, 0.3) is 5.91 Å². The molecule has 128 valence electrons. The van der Waals surface area contributed by atoms with E-state index in [4.69, 9.17) is 12.2 Å². The van der Waals surface area contributed by atoms with Gasteiger partial charge in [-0.05, 0) is 34.9 Å². The summed E-state index contributed by atoms with van der Waals surface area (Å²) in [5.41, 5.74) is 2.12. The number of carbonyl (C=O) groups is 1. The van der Waals surface area contributed by atoms with Crippen molar-refractivity contribution in [2.45, 2.75) is 13.0 Å². The summed E-state index contributed by atoms with van der Waals surface area (Å²) >= 11 is 6.89. The Morgan fingerprint density at radius 3 is 2.46 bits per heavy atom. The Kier molecular flexibility index (Phi) is 4.62. The van der Waals surface area contributed by atoms with E-state index in [1.54, 1.807) is 4.90 Å². The molecule has 0 saturated carbocycles.